The molecule has 1 aliphatic rings. The second-order valence-electron chi connectivity index (χ2n) is 8.06. The largest absolute Gasteiger partial charge is 0.353 e. The second kappa shape index (κ2) is 7.29. The second-order valence-corrected chi connectivity index (χ2v) is 8.06. The number of hydrogen-bond acceptors (Lipinski definition) is 8. The van der Waals surface area contributed by atoms with Crippen LogP contribution < -0.4 is 9.80 Å². The van der Waals surface area contributed by atoms with Gasteiger partial charge in [-0.2, -0.15) is 19.7 Å². The lowest BCUT2D eigenvalue weighted by Gasteiger charge is -2.37. The van der Waals surface area contributed by atoms with Crippen molar-refractivity contribution in [2.75, 3.05) is 36.0 Å². The fourth-order valence-corrected chi connectivity index (χ4v) is 4.20. The fourth-order valence-electron chi connectivity index (χ4n) is 4.20. The molecule has 0 atom stereocenters. The Morgan fingerprint density at radius 3 is 2.23 bits per heavy atom. The first-order valence-corrected chi connectivity index (χ1v) is 10.5. The number of hydrogen-bond donors (Lipinski definition) is 0. The molecule has 1 aliphatic heterocycles. The van der Waals surface area contributed by atoms with Gasteiger partial charge in [0.2, 0.25) is 0 Å². The Kier molecular flexibility index (Phi) is 4.57. The summed E-state index contributed by atoms with van der Waals surface area (Å²) in [4.78, 5) is 22.8. The third-order valence-corrected chi connectivity index (χ3v) is 5.82. The zero-order chi connectivity index (χ0) is 21.7. The molecule has 1 fully saturated rings. The van der Waals surface area contributed by atoms with E-state index in [0.29, 0.717) is 5.78 Å². The monoisotopic (exact) mass is 418 g/mol. The number of anilines is 2. The van der Waals surface area contributed by atoms with E-state index in [1.54, 1.807) is 6.33 Å². The van der Waals surface area contributed by atoms with Gasteiger partial charge in [0.1, 0.15) is 23.8 Å². The molecule has 0 unspecified atom stereocenters. The van der Waals surface area contributed by atoms with E-state index in [2.05, 4.69) is 47.9 Å². The van der Waals surface area contributed by atoms with Crippen molar-refractivity contribution in [3.63, 3.8) is 0 Å². The normalized spacial score (nSPS) is 14.6. The number of rotatable bonds is 3. The molecule has 0 saturated carbocycles. The lowest BCUT2D eigenvalue weighted by atomic mass is 10.2. The van der Waals surface area contributed by atoms with Crippen molar-refractivity contribution in [3.05, 3.63) is 46.9 Å². The van der Waals surface area contributed by atoms with E-state index in [-0.39, 0.29) is 0 Å². The van der Waals surface area contributed by atoms with E-state index in [0.717, 1.165) is 72.1 Å². The molecule has 5 heterocycles. The van der Waals surface area contributed by atoms with Gasteiger partial charge < -0.3 is 9.80 Å². The van der Waals surface area contributed by atoms with Gasteiger partial charge in [0.15, 0.2) is 5.82 Å². The van der Waals surface area contributed by atoms with Crippen molar-refractivity contribution in [1.82, 2.24) is 39.3 Å². The molecule has 31 heavy (non-hydrogen) atoms. The number of piperazine rings is 1. The highest BCUT2D eigenvalue weighted by Gasteiger charge is 2.24. The van der Waals surface area contributed by atoms with Crippen LogP contribution in [0.2, 0.25) is 0 Å². The van der Waals surface area contributed by atoms with E-state index >= 15 is 0 Å². The first-order valence-electron chi connectivity index (χ1n) is 10.5. The molecule has 0 amide bonds. The molecule has 10 nitrogen and oxygen atoms in total. The van der Waals surface area contributed by atoms with Crippen LogP contribution in [-0.2, 0) is 0 Å². The van der Waals surface area contributed by atoms with E-state index < -0.39 is 0 Å². The predicted octanol–water partition coefficient (Wildman–Crippen LogP) is 1.97. The van der Waals surface area contributed by atoms with Gasteiger partial charge in [0, 0.05) is 49.2 Å². The van der Waals surface area contributed by atoms with Crippen LogP contribution in [0, 0.1) is 34.6 Å². The average molecular weight is 419 g/mol. The molecule has 160 valence electrons. The quantitative estimate of drug-likeness (QED) is 0.499. The van der Waals surface area contributed by atoms with Gasteiger partial charge in [-0.1, -0.05) is 0 Å². The van der Waals surface area contributed by atoms with Gasteiger partial charge in [0.25, 0.3) is 5.78 Å². The van der Waals surface area contributed by atoms with E-state index in [1.807, 2.05) is 43.0 Å². The van der Waals surface area contributed by atoms with Crippen molar-refractivity contribution in [2.24, 2.45) is 0 Å². The van der Waals surface area contributed by atoms with Gasteiger partial charge >= 0.3 is 0 Å². The number of fused-ring (bicyclic) bond motifs is 1. The SMILES string of the molecule is Cc1cc(C)n(-c2cc(N3CCN(c4c(C)c(C)nc5ncnn45)CC3)nc(C)n2)n1. The van der Waals surface area contributed by atoms with E-state index in [9.17, 15) is 0 Å². The molecule has 1 saturated heterocycles. The molecule has 0 spiro atoms. The van der Waals surface area contributed by atoms with Crippen LogP contribution in [0.25, 0.3) is 11.6 Å². The summed E-state index contributed by atoms with van der Waals surface area (Å²) in [6.45, 7) is 13.5. The maximum atomic E-state index is 4.71. The van der Waals surface area contributed by atoms with E-state index in [4.69, 9.17) is 4.98 Å². The molecule has 0 aliphatic carbocycles. The molecule has 0 bridgehead atoms. The Morgan fingerprint density at radius 1 is 0.806 bits per heavy atom. The minimum absolute atomic E-state index is 0.640. The minimum atomic E-state index is 0.640. The highest BCUT2D eigenvalue weighted by atomic mass is 15.4. The molecule has 10 heteroatoms. The highest BCUT2D eigenvalue weighted by molar-refractivity contribution is 5.55. The van der Waals surface area contributed by atoms with Gasteiger partial charge in [-0.15, -0.1) is 0 Å². The Balaban J connectivity index is 1.41. The van der Waals surface area contributed by atoms with Crippen LogP contribution in [0.3, 0.4) is 0 Å². The van der Waals surface area contributed by atoms with E-state index in [1.165, 1.54) is 0 Å². The molecule has 0 aromatic carbocycles. The van der Waals surface area contributed by atoms with Crippen molar-refractivity contribution in [3.8, 4) is 5.82 Å². The number of nitrogens with zero attached hydrogens (tertiary/aromatic N) is 10. The summed E-state index contributed by atoms with van der Waals surface area (Å²) in [6, 6.07) is 4.08. The van der Waals surface area contributed by atoms with Gasteiger partial charge in [-0.3, -0.25) is 0 Å². The molecule has 5 rings (SSSR count). The maximum Gasteiger partial charge on any atom is 0.254 e. The first-order chi connectivity index (χ1) is 14.9. The fraction of sp³-hybridized carbons (Fsp3) is 0.429. The molecule has 0 radical (unpaired) electrons. The third kappa shape index (κ3) is 3.37. The Hall–Kier alpha value is -3.56. The van der Waals surface area contributed by atoms with Crippen LogP contribution in [0.15, 0.2) is 18.5 Å². The molecule has 4 aromatic rings. The Morgan fingerprint density at radius 2 is 1.52 bits per heavy atom. The van der Waals surface area contributed by atoms with Crippen LogP contribution in [0.5, 0.6) is 0 Å². The summed E-state index contributed by atoms with van der Waals surface area (Å²) in [5.41, 5.74) is 4.16. The smallest absolute Gasteiger partial charge is 0.254 e. The summed E-state index contributed by atoms with van der Waals surface area (Å²) < 4.78 is 3.72. The topological polar surface area (TPSA) is 93.2 Å². The van der Waals surface area contributed by atoms with Crippen LogP contribution in [0.4, 0.5) is 11.6 Å². The van der Waals surface area contributed by atoms with Gasteiger partial charge in [-0.05, 0) is 40.7 Å². The minimum Gasteiger partial charge on any atom is -0.353 e. The van der Waals surface area contributed by atoms with Crippen molar-refractivity contribution in [1.29, 1.82) is 0 Å². The highest BCUT2D eigenvalue weighted by Crippen LogP contribution is 2.25. The predicted molar refractivity (Wildman–Crippen MR) is 118 cm³/mol. The lowest BCUT2D eigenvalue weighted by Crippen LogP contribution is -2.48. The third-order valence-electron chi connectivity index (χ3n) is 5.82. The van der Waals surface area contributed by atoms with Gasteiger partial charge in [0.05, 0.1) is 5.69 Å². The maximum absolute atomic E-state index is 4.71. The zero-order valence-corrected chi connectivity index (χ0v) is 18.5. The average Bonchev–Trinajstić information content (AvgIpc) is 3.34. The van der Waals surface area contributed by atoms with Crippen molar-refractivity contribution in [2.45, 2.75) is 34.6 Å². The summed E-state index contributed by atoms with van der Waals surface area (Å²) in [7, 11) is 0. The summed E-state index contributed by atoms with van der Waals surface area (Å²) in [6.07, 6.45) is 1.56. The molecular formula is C21H26N10. The standard InChI is InChI=1S/C21H26N10/c1-13-10-14(2)30(27-13)19-11-18(25-17(5)26-19)28-6-8-29(9-7-28)20-15(3)16(4)24-21-22-12-23-31(20)21/h10-12H,6-9H2,1-5H3. The van der Waals surface area contributed by atoms with Crippen LogP contribution >= 0.6 is 0 Å². The molecular weight excluding hydrogens is 392 g/mol. The molecule has 4 aromatic heterocycles. The van der Waals surface area contributed by atoms with Crippen LogP contribution in [-0.4, -0.2) is 65.5 Å². The lowest BCUT2D eigenvalue weighted by molar-refractivity contribution is 0.628. The van der Waals surface area contributed by atoms with Crippen molar-refractivity contribution >= 4 is 17.4 Å². The number of aryl methyl sites for hydroxylation is 4. The zero-order valence-electron chi connectivity index (χ0n) is 18.5. The van der Waals surface area contributed by atoms with Crippen LogP contribution in [0.1, 0.15) is 28.5 Å². The Bertz CT molecular complexity index is 1260. The summed E-state index contributed by atoms with van der Waals surface area (Å²) >= 11 is 0. The van der Waals surface area contributed by atoms with Gasteiger partial charge in [-0.25, -0.2) is 19.6 Å². The molecule has 0 N–H and O–H groups in total. The van der Waals surface area contributed by atoms with Crippen molar-refractivity contribution < 1.29 is 0 Å². The Labute approximate surface area is 180 Å². The first kappa shape index (κ1) is 19.4. The number of aromatic nitrogens is 8. The summed E-state index contributed by atoms with van der Waals surface area (Å²) in [5, 5.41) is 8.98. The summed E-state index contributed by atoms with van der Waals surface area (Å²) in [5.74, 6) is 4.19.